The SMILES string of the molecule is CC(NC(=O)N1CC(=O)NCC1C(=O)O)c1ccccc1. The van der Waals surface area contributed by atoms with E-state index in [1.54, 1.807) is 6.92 Å². The Kier molecular flexibility index (Phi) is 4.42. The van der Waals surface area contributed by atoms with Crippen LogP contribution in [0.3, 0.4) is 0 Å². The van der Waals surface area contributed by atoms with Crippen LogP contribution in [0.5, 0.6) is 0 Å². The van der Waals surface area contributed by atoms with E-state index in [4.69, 9.17) is 5.11 Å². The molecule has 2 unspecified atom stereocenters. The maximum Gasteiger partial charge on any atom is 0.328 e. The summed E-state index contributed by atoms with van der Waals surface area (Å²) in [5.74, 6) is -1.51. The van der Waals surface area contributed by atoms with Crippen LogP contribution < -0.4 is 10.6 Å². The Hall–Kier alpha value is -2.57. The number of rotatable bonds is 3. The zero-order valence-corrected chi connectivity index (χ0v) is 11.6. The van der Waals surface area contributed by atoms with E-state index in [9.17, 15) is 14.4 Å². The molecule has 21 heavy (non-hydrogen) atoms. The molecule has 1 aliphatic heterocycles. The van der Waals surface area contributed by atoms with Crippen LogP contribution in [0, 0.1) is 0 Å². The number of urea groups is 1. The number of hydrogen-bond donors (Lipinski definition) is 3. The molecule has 2 atom stereocenters. The van der Waals surface area contributed by atoms with Crippen LogP contribution in [0.2, 0.25) is 0 Å². The molecule has 0 saturated carbocycles. The first kappa shape index (κ1) is 14.8. The topological polar surface area (TPSA) is 98.7 Å². The van der Waals surface area contributed by atoms with Gasteiger partial charge in [0.1, 0.15) is 12.6 Å². The third-order valence-corrected chi connectivity index (χ3v) is 3.37. The number of piperazine rings is 1. The Balaban J connectivity index is 2.07. The molecular formula is C14H17N3O4. The number of carboxylic acids is 1. The molecule has 0 spiro atoms. The summed E-state index contributed by atoms with van der Waals surface area (Å²) in [4.78, 5) is 35.8. The predicted molar refractivity (Wildman–Crippen MR) is 74.5 cm³/mol. The Labute approximate surface area is 121 Å². The maximum absolute atomic E-state index is 12.2. The Morgan fingerprint density at radius 1 is 1.38 bits per heavy atom. The van der Waals surface area contributed by atoms with E-state index >= 15 is 0 Å². The van der Waals surface area contributed by atoms with Gasteiger partial charge >= 0.3 is 12.0 Å². The van der Waals surface area contributed by atoms with Crippen molar-refractivity contribution in [2.45, 2.75) is 19.0 Å². The Morgan fingerprint density at radius 2 is 2.05 bits per heavy atom. The van der Waals surface area contributed by atoms with Crippen LogP contribution in [0.25, 0.3) is 0 Å². The number of carbonyl (C=O) groups excluding carboxylic acids is 2. The van der Waals surface area contributed by atoms with Crippen LogP contribution in [0.4, 0.5) is 4.79 Å². The van der Waals surface area contributed by atoms with Gasteiger partial charge in [-0.15, -0.1) is 0 Å². The van der Waals surface area contributed by atoms with E-state index in [0.717, 1.165) is 10.5 Å². The minimum Gasteiger partial charge on any atom is -0.480 e. The molecule has 1 aromatic carbocycles. The van der Waals surface area contributed by atoms with Crippen LogP contribution in [0.15, 0.2) is 30.3 Å². The first-order valence-electron chi connectivity index (χ1n) is 6.60. The van der Waals surface area contributed by atoms with Crippen molar-refractivity contribution in [1.29, 1.82) is 0 Å². The number of hydrogen-bond acceptors (Lipinski definition) is 3. The van der Waals surface area contributed by atoms with E-state index in [2.05, 4.69) is 10.6 Å². The van der Waals surface area contributed by atoms with Crippen molar-refractivity contribution in [1.82, 2.24) is 15.5 Å². The van der Waals surface area contributed by atoms with Gasteiger partial charge in [0, 0.05) is 6.54 Å². The van der Waals surface area contributed by atoms with Gasteiger partial charge in [0.2, 0.25) is 5.91 Å². The Morgan fingerprint density at radius 3 is 2.67 bits per heavy atom. The molecule has 1 heterocycles. The summed E-state index contributed by atoms with van der Waals surface area (Å²) < 4.78 is 0. The highest BCUT2D eigenvalue weighted by molar-refractivity contribution is 5.90. The molecule has 0 bridgehead atoms. The number of nitrogens with one attached hydrogen (secondary N) is 2. The lowest BCUT2D eigenvalue weighted by Crippen LogP contribution is -2.61. The standard InChI is InChI=1S/C14H17N3O4/c1-9(10-5-3-2-4-6-10)16-14(21)17-8-12(18)15-7-11(17)13(19)20/h2-6,9,11H,7-8H2,1H3,(H,15,18)(H,16,21)(H,19,20). The molecule has 0 aromatic heterocycles. The first-order chi connectivity index (χ1) is 9.99. The average molecular weight is 291 g/mol. The number of carbonyl (C=O) groups is 3. The zero-order chi connectivity index (χ0) is 15.4. The second kappa shape index (κ2) is 6.25. The highest BCUT2D eigenvalue weighted by Crippen LogP contribution is 2.13. The summed E-state index contributed by atoms with van der Waals surface area (Å²) in [6.45, 7) is 1.46. The van der Waals surface area contributed by atoms with Gasteiger partial charge in [0.15, 0.2) is 0 Å². The van der Waals surface area contributed by atoms with Crippen LogP contribution in [0.1, 0.15) is 18.5 Å². The molecule has 3 amide bonds. The Bertz CT molecular complexity index is 546. The smallest absolute Gasteiger partial charge is 0.328 e. The molecular weight excluding hydrogens is 274 g/mol. The molecule has 1 fully saturated rings. The molecule has 7 nitrogen and oxygen atoms in total. The lowest BCUT2D eigenvalue weighted by Gasteiger charge is -2.33. The van der Waals surface area contributed by atoms with E-state index < -0.39 is 18.0 Å². The van der Waals surface area contributed by atoms with Gasteiger partial charge in [0.25, 0.3) is 0 Å². The fourth-order valence-corrected chi connectivity index (χ4v) is 2.17. The minimum atomic E-state index is -1.14. The van der Waals surface area contributed by atoms with E-state index in [1.165, 1.54) is 0 Å². The summed E-state index contributed by atoms with van der Waals surface area (Å²) >= 11 is 0. The maximum atomic E-state index is 12.2. The van der Waals surface area contributed by atoms with Gasteiger partial charge < -0.3 is 15.7 Å². The molecule has 1 aromatic rings. The number of nitrogens with zero attached hydrogens (tertiary/aromatic N) is 1. The molecule has 0 radical (unpaired) electrons. The normalized spacial score (nSPS) is 19.6. The molecule has 2 rings (SSSR count). The van der Waals surface area contributed by atoms with E-state index in [0.29, 0.717) is 0 Å². The molecule has 1 saturated heterocycles. The van der Waals surface area contributed by atoms with Crippen molar-refractivity contribution in [3.8, 4) is 0 Å². The summed E-state index contributed by atoms with van der Waals surface area (Å²) in [7, 11) is 0. The van der Waals surface area contributed by atoms with Crippen molar-refractivity contribution in [3.63, 3.8) is 0 Å². The van der Waals surface area contributed by atoms with Crippen LogP contribution >= 0.6 is 0 Å². The van der Waals surface area contributed by atoms with Crippen LogP contribution in [-0.2, 0) is 9.59 Å². The predicted octanol–water partition coefficient (Wildman–Crippen LogP) is 0.342. The van der Waals surface area contributed by atoms with Gasteiger partial charge in [-0.2, -0.15) is 0 Å². The zero-order valence-electron chi connectivity index (χ0n) is 11.6. The average Bonchev–Trinajstić information content (AvgIpc) is 2.47. The third-order valence-electron chi connectivity index (χ3n) is 3.37. The van der Waals surface area contributed by atoms with Gasteiger partial charge in [-0.25, -0.2) is 9.59 Å². The van der Waals surface area contributed by atoms with E-state index in [1.807, 2.05) is 30.3 Å². The number of aliphatic carboxylic acids is 1. The third kappa shape index (κ3) is 3.50. The second-order valence-corrected chi connectivity index (χ2v) is 4.87. The summed E-state index contributed by atoms with van der Waals surface area (Å²) in [5, 5.41) is 14.3. The molecule has 1 aliphatic rings. The highest BCUT2D eigenvalue weighted by Gasteiger charge is 2.35. The quantitative estimate of drug-likeness (QED) is 0.748. The van der Waals surface area contributed by atoms with Crippen molar-refractivity contribution in [2.75, 3.05) is 13.1 Å². The lowest BCUT2D eigenvalue weighted by atomic mass is 10.1. The monoisotopic (exact) mass is 291 g/mol. The number of carboxylic acid groups (broad SMARTS) is 1. The van der Waals surface area contributed by atoms with Crippen molar-refractivity contribution in [3.05, 3.63) is 35.9 Å². The van der Waals surface area contributed by atoms with Crippen LogP contribution in [-0.4, -0.2) is 47.0 Å². The van der Waals surface area contributed by atoms with E-state index in [-0.39, 0.29) is 25.0 Å². The van der Waals surface area contributed by atoms with Crippen molar-refractivity contribution in [2.24, 2.45) is 0 Å². The fourth-order valence-electron chi connectivity index (χ4n) is 2.17. The van der Waals surface area contributed by atoms with Gasteiger partial charge in [0.05, 0.1) is 6.04 Å². The number of benzene rings is 1. The summed E-state index contributed by atoms with van der Waals surface area (Å²) in [6.07, 6.45) is 0. The highest BCUT2D eigenvalue weighted by atomic mass is 16.4. The van der Waals surface area contributed by atoms with Crippen molar-refractivity contribution < 1.29 is 19.5 Å². The minimum absolute atomic E-state index is 0.0820. The summed E-state index contributed by atoms with van der Waals surface area (Å²) in [6, 6.07) is 7.41. The largest absolute Gasteiger partial charge is 0.480 e. The van der Waals surface area contributed by atoms with Gasteiger partial charge in [-0.1, -0.05) is 30.3 Å². The summed E-state index contributed by atoms with van der Waals surface area (Å²) in [5.41, 5.74) is 0.902. The molecule has 7 heteroatoms. The molecule has 112 valence electrons. The lowest BCUT2D eigenvalue weighted by molar-refractivity contribution is -0.144. The molecule has 0 aliphatic carbocycles. The molecule has 3 N–H and O–H groups in total. The van der Waals surface area contributed by atoms with Gasteiger partial charge in [-0.3, -0.25) is 9.69 Å². The fraction of sp³-hybridized carbons (Fsp3) is 0.357. The van der Waals surface area contributed by atoms with Gasteiger partial charge in [-0.05, 0) is 12.5 Å². The number of amides is 3. The first-order valence-corrected chi connectivity index (χ1v) is 6.60. The van der Waals surface area contributed by atoms with Crippen molar-refractivity contribution >= 4 is 17.9 Å². The second-order valence-electron chi connectivity index (χ2n) is 4.87.